The maximum atomic E-state index is 2.65. The van der Waals surface area contributed by atoms with Crippen molar-refractivity contribution in [2.24, 2.45) is 0 Å². The molecule has 0 aromatic heterocycles. The molecule has 23 heavy (non-hydrogen) atoms. The number of para-hydroxylation sites is 1. The molecular formula is C22H27N. The summed E-state index contributed by atoms with van der Waals surface area (Å²) in [6.07, 6.45) is 5.25. The molecule has 1 heterocycles. The van der Waals surface area contributed by atoms with Gasteiger partial charge in [-0.25, -0.2) is 0 Å². The van der Waals surface area contributed by atoms with E-state index < -0.39 is 0 Å². The van der Waals surface area contributed by atoms with E-state index >= 15 is 0 Å². The molecule has 1 heteroatoms. The Balaban J connectivity index is 1.98. The van der Waals surface area contributed by atoms with E-state index in [0.717, 1.165) is 0 Å². The number of hydrogen-bond acceptors (Lipinski definition) is 1. The molecule has 2 aromatic rings. The summed E-state index contributed by atoms with van der Waals surface area (Å²) >= 11 is 0. The Morgan fingerprint density at radius 1 is 0.870 bits per heavy atom. The van der Waals surface area contributed by atoms with Gasteiger partial charge in [-0.3, -0.25) is 0 Å². The van der Waals surface area contributed by atoms with E-state index in [4.69, 9.17) is 0 Å². The minimum absolute atomic E-state index is 0.176. The van der Waals surface area contributed by atoms with Crippen LogP contribution < -0.4 is 4.90 Å². The zero-order chi connectivity index (χ0) is 16.2. The van der Waals surface area contributed by atoms with E-state index in [-0.39, 0.29) is 11.0 Å². The van der Waals surface area contributed by atoms with Gasteiger partial charge in [0.1, 0.15) is 0 Å². The first-order valence-corrected chi connectivity index (χ1v) is 8.94. The van der Waals surface area contributed by atoms with Crippen molar-refractivity contribution in [1.29, 1.82) is 0 Å². The number of hydrogen-bond donors (Lipinski definition) is 0. The van der Waals surface area contributed by atoms with Crippen molar-refractivity contribution in [3.8, 4) is 0 Å². The highest BCUT2D eigenvalue weighted by atomic mass is 15.3. The van der Waals surface area contributed by atoms with E-state index in [1.807, 2.05) is 0 Å². The molecule has 2 aliphatic rings. The molecule has 1 saturated carbocycles. The van der Waals surface area contributed by atoms with Crippen LogP contribution in [-0.2, 0) is 5.41 Å². The predicted octanol–water partition coefficient (Wildman–Crippen LogP) is 6.05. The highest BCUT2D eigenvalue weighted by molar-refractivity contribution is 5.77. The van der Waals surface area contributed by atoms with Crippen LogP contribution in [0.4, 0.5) is 11.4 Å². The molecule has 0 spiro atoms. The Hall–Kier alpha value is -1.76. The van der Waals surface area contributed by atoms with Crippen LogP contribution in [0.25, 0.3) is 0 Å². The fourth-order valence-electron chi connectivity index (χ4n) is 5.18. The van der Waals surface area contributed by atoms with E-state index in [1.165, 1.54) is 48.2 Å². The van der Waals surface area contributed by atoms with Crippen LogP contribution in [0.1, 0.15) is 56.2 Å². The zero-order valence-corrected chi connectivity index (χ0v) is 14.8. The summed E-state index contributed by atoms with van der Waals surface area (Å²) in [7, 11) is 0. The molecule has 1 fully saturated rings. The number of aryl methyl sites for hydroxylation is 2. The van der Waals surface area contributed by atoms with Crippen molar-refractivity contribution in [3.05, 3.63) is 59.2 Å². The van der Waals surface area contributed by atoms with Crippen LogP contribution >= 0.6 is 0 Å². The molecular weight excluding hydrogens is 278 g/mol. The summed E-state index contributed by atoms with van der Waals surface area (Å²) in [5, 5.41) is 0. The smallest absolute Gasteiger partial charge is 0.0517 e. The second-order valence-electron chi connectivity index (χ2n) is 8.01. The van der Waals surface area contributed by atoms with Crippen LogP contribution in [0.3, 0.4) is 0 Å². The number of anilines is 2. The monoisotopic (exact) mass is 305 g/mol. The van der Waals surface area contributed by atoms with Crippen molar-refractivity contribution in [2.75, 3.05) is 4.90 Å². The Bertz CT molecular complexity index is 742. The summed E-state index contributed by atoms with van der Waals surface area (Å²) in [5.41, 5.74) is 7.46. The fraction of sp³-hybridized carbons (Fsp3) is 0.455. The quantitative estimate of drug-likeness (QED) is 0.620. The van der Waals surface area contributed by atoms with E-state index in [1.54, 1.807) is 5.56 Å². The van der Waals surface area contributed by atoms with Crippen LogP contribution in [-0.4, -0.2) is 5.54 Å². The maximum Gasteiger partial charge on any atom is 0.0517 e. The average molecular weight is 305 g/mol. The first-order chi connectivity index (χ1) is 11.0. The van der Waals surface area contributed by atoms with Gasteiger partial charge in [0.2, 0.25) is 0 Å². The van der Waals surface area contributed by atoms with Gasteiger partial charge in [0.25, 0.3) is 0 Å². The summed E-state index contributed by atoms with van der Waals surface area (Å²) in [6, 6.07) is 16.1. The van der Waals surface area contributed by atoms with Gasteiger partial charge in [0, 0.05) is 16.8 Å². The van der Waals surface area contributed by atoms with Crippen molar-refractivity contribution >= 4 is 11.4 Å². The molecule has 0 N–H and O–H groups in total. The van der Waals surface area contributed by atoms with Crippen molar-refractivity contribution < 1.29 is 0 Å². The molecule has 1 aliphatic carbocycles. The molecule has 1 nitrogen and oxygen atoms in total. The van der Waals surface area contributed by atoms with Gasteiger partial charge in [0.05, 0.1) is 5.54 Å². The Labute approximate surface area is 140 Å². The first kappa shape index (κ1) is 14.8. The number of rotatable bonds is 1. The molecule has 2 aromatic carbocycles. The van der Waals surface area contributed by atoms with Crippen LogP contribution in [0.2, 0.25) is 0 Å². The number of benzene rings is 2. The van der Waals surface area contributed by atoms with Gasteiger partial charge >= 0.3 is 0 Å². The third-order valence-corrected chi connectivity index (χ3v) is 6.48. The van der Waals surface area contributed by atoms with Gasteiger partial charge < -0.3 is 4.90 Å². The van der Waals surface area contributed by atoms with E-state index in [9.17, 15) is 0 Å². The summed E-state index contributed by atoms with van der Waals surface area (Å²) < 4.78 is 0. The largest absolute Gasteiger partial charge is 0.334 e. The van der Waals surface area contributed by atoms with Gasteiger partial charge in [-0.15, -0.1) is 0 Å². The Morgan fingerprint density at radius 3 is 2.26 bits per heavy atom. The van der Waals surface area contributed by atoms with Crippen LogP contribution in [0.15, 0.2) is 42.5 Å². The molecule has 0 saturated heterocycles. The molecule has 2 atom stereocenters. The van der Waals surface area contributed by atoms with Gasteiger partial charge in [-0.2, -0.15) is 0 Å². The minimum Gasteiger partial charge on any atom is -0.334 e. The lowest BCUT2D eigenvalue weighted by Crippen LogP contribution is -2.54. The standard InChI is InChI=1S/C22H27N/c1-16-13-17(2)15-18(14-16)23-20-10-6-5-9-19(20)21(3)11-7-8-12-22(21,23)4/h5-6,9-10,13-15H,7-8,11-12H2,1-4H3. The SMILES string of the molecule is Cc1cc(C)cc(N2c3ccccc3C3(C)CCCCC23C)c1. The number of fused-ring (bicyclic) bond motifs is 3. The highest BCUT2D eigenvalue weighted by Crippen LogP contribution is 2.60. The summed E-state index contributed by atoms with van der Waals surface area (Å²) in [5.74, 6) is 0. The van der Waals surface area contributed by atoms with Gasteiger partial charge in [-0.1, -0.05) is 44.0 Å². The van der Waals surface area contributed by atoms with Crippen molar-refractivity contribution in [2.45, 2.75) is 64.3 Å². The van der Waals surface area contributed by atoms with E-state index in [2.05, 4.69) is 75.1 Å². The second kappa shape index (κ2) is 4.87. The highest BCUT2D eigenvalue weighted by Gasteiger charge is 2.57. The summed E-state index contributed by atoms with van der Waals surface area (Å²) in [4.78, 5) is 2.65. The lowest BCUT2D eigenvalue weighted by atomic mass is 9.61. The molecule has 0 radical (unpaired) electrons. The third-order valence-electron chi connectivity index (χ3n) is 6.48. The lowest BCUT2D eigenvalue weighted by Gasteiger charge is -2.50. The normalized spacial score (nSPS) is 29.3. The average Bonchev–Trinajstić information content (AvgIpc) is 2.71. The minimum atomic E-state index is 0.176. The molecule has 1 aliphatic heterocycles. The fourth-order valence-corrected chi connectivity index (χ4v) is 5.18. The zero-order valence-electron chi connectivity index (χ0n) is 14.8. The lowest BCUT2D eigenvalue weighted by molar-refractivity contribution is 0.195. The summed E-state index contributed by atoms with van der Waals surface area (Å²) in [6.45, 7) is 9.40. The molecule has 2 unspecified atom stereocenters. The Kier molecular flexibility index (Phi) is 3.13. The van der Waals surface area contributed by atoms with Crippen LogP contribution in [0.5, 0.6) is 0 Å². The topological polar surface area (TPSA) is 3.24 Å². The first-order valence-electron chi connectivity index (χ1n) is 8.94. The third kappa shape index (κ3) is 1.92. The maximum absolute atomic E-state index is 2.65. The molecule has 0 amide bonds. The molecule has 4 rings (SSSR count). The van der Waals surface area contributed by atoms with E-state index in [0.29, 0.717) is 0 Å². The van der Waals surface area contributed by atoms with Crippen molar-refractivity contribution in [3.63, 3.8) is 0 Å². The van der Waals surface area contributed by atoms with Crippen molar-refractivity contribution in [1.82, 2.24) is 0 Å². The molecule has 0 bridgehead atoms. The van der Waals surface area contributed by atoms with Gasteiger partial charge in [0.15, 0.2) is 0 Å². The van der Waals surface area contributed by atoms with Crippen LogP contribution in [0, 0.1) is 13.8 Å². The number of nitrogens with zero attached hydrogens (tertiary/aromatic N) is 1. The predicted molar refractivity (Wildman–Crippen MR) is 98.7 cm³/mol. The second-order valence-corrected chi connectivity index (χ2v) is 8.01. The Morgan fingerprint density at radius 2 is 1.52 bits per heavy atom. The molecule has 120 valence electrons. The van der Waals surface area contributed by atoms with Gasteiger partial charge in [-0.05, 0) is 68.5 Å².